The number of aromatic nitrogens is 2. The molecule has 3 aromatic rings. The van der Waals surface area contributed by atoms with Crippen molar-refractivity contribution in [1.82, 2.24) is 9.97 Å². The van der Waals surface area contributed by atoms with Crippen LogP contribution in [-0.2, 0) is 10.2 Å². The van der Waals surface area contributed by atoms with Crippen LogP contribution < -0.4 is 13.3 Å². The van der Waals surface area contributed by atoms with Gasteiger partial charge in [0.2, 0.25) is 5.88 Å². The quantitative estimate of drug-likeness (QED) is 0.509. The molecule has 190 valence electrons. The van der Waals surface area contributed by atoms with Crippen molar-refractivity contribution in [1.29, 1.82) is 5.26 Å². The molecule has 2 heterocycles. The van der Waals surface area contributed by atoms with E-state index in [2.05, 4.69) is 16.0 Å². The van der Waals surface area contributed by atoms with Crippen LogP contribution in [0.5, 0.6) is 11.6 Å². The first kappa shape index (κ1) is 24.4. The maximum Gasteiger partial charge on any atom is 0.356 e. The van der Waals surface area contributed by atoms with E-state index in [-0.39, 0.29) is 47.2 Å². The standard InChI is InChI=1S/C24H19F2N5O5S/c1-13-22(23(32)33)28-11-21(29-13)36-17-5-3-15(10-27)18(8-17)14-4-6-19-20(7-14)30(2)37(34,35)31(19)12-16-9-24(16,25)26/h3-8,11,16H,9,12H2,1-2H3,(H,32,33). The van der Waals surface area contributed by atoms with Gasteiger partial charge < -0.3 is 9.84 Å². The molecule has 0 spiro atoms. The number of halogens is 2. The molecule has 1 atom stereocenters. The zero-order valence-electron chi connectivity index (χ0n) is 19.5. The molecule has 0 radical (unpaired) electrons. The number of benzene rings is 2. The number of carboxylic acids is 1. The molecule has 5 rings (SSSR count). The van der Waals surface area contributed by atoms with Crippen LogP contribution in [0.3, 0.4) is 0 Å². The number of nitriles is 1. The second-order valence-corrected chi connectivity index (χ2v) is 10.6. The Morgan fingerprint density at radius 2 is 2.00 bits per heavy atom. The summed E-state index contributed by atoms with van der Waals surface area (Å²) in [6.45, 7) is 1.16. The van der Waals surface area contributed by atoms with E-state index in [0.29, 0.717) is 16.8 Å². The normalized spacial score (nSPS) is 18.7. The fourth-order valence-electron chi connectivity index (χ4n) is 4.17. The van der Waals surface area contributed by atoms with Gasteiger partial charge in [-0.3, -0.25) is 8.61 Å². The third-order valence-corrected chi connectivity index (χ3v) is 8.11. The zero-order chi connectivity index (χ0) is 26.7. The van der Waals surface area contributed by atoms with Gasteiger partial charge in [0.15, 0.2) is 5.69 Å². The van der Waals surface area contributed by atoms with Crippen molar-refractivity contribution in [2.45, 2.75) is 19.3 Å². The van der Waals surface area contributed by atoms with E-state index in [9.17, 15) is 27.3 Å². The Balaban J connectivity index is 1.49. The summed E-state index contributed by atoms with van der Waals surface area (Å²) in [7, 11) is -2.68. The summed E-state index contributed by atoms with van der Waals surface area (Å²) in [5.41, 5.74) is 1.76. The lowest BCUT2D eigenvalue weighted by Crippen LogP contribution is -2.37. The number of fused-ring (bicyclic) bond motifs is 1. The van der Waals surface area contributed by atoms with E-state index in [4.69, 9.17) is 9.84 Å². The predicted octanol–water partition coefficient (Wildman–Crippen LogP) is 3.97. The largest absolute Gasteiger partial charge is 0.476 e. The van der Waals surface area contributed by atoms with Crippen molar-refractivity contribution in [3.05, 3.63) is 59.5 Å². The molecule has 1 fully saturated rings. The Morgan fingerprint density at radius 3 is 2.62 bits per heavy atom. The summed E-state index contributed by atoms with van der Waals surface area (Å²) in [6, 6.07) is 11.4. The van der Waals surface area contributed by atoms with Crippen molar-refractivity contribution < 1.29 is 31.8 Å². The average Bonchev–Trinajstić information content (AvgIpc) is 3.41. The summed E-state index contributed by atoms with van der Waals surface area (Å²) in [5.74, 6) is -4.78. The van der Waals surface area contributed by atoms with Crippen LogP contribution in [0.1, 0.15) is 28.2 Å². The summed E-state index contributed by atoms with van der Waals surface area (Å²) < 4.78 is 60.6. The molecule has 1 aromatic heterocycles. The Hall–Kier alpha value is -4.31. The molecule has 1 N–H and O–H groups in total. The molecule has 10 nitrogen and oxygen atoms in total. The highest BCUT2D eigenvalue weighted by atomic mass is 32.2. The number of carboxylic acid groups (broad SMARTS) is 1. The predicted molar refractivity (Wildman–Crippen MR) is 128 cm³/mol. The Labute approximate surface area is 210 Å². The topological polar surface area (TPSA) is 137 Å². The molecule has 0 saturated heterocycles. The molecule has 1 saturated carbocycles. The van der Waals surface area contributed by atoms with E-state index < -0.39 is 28.0 Å². The first-order valence-corrected chi connectivity index (χ1v) is 12.4. The van der Waals surface area contributed by atoms with Crippen LogP contribution in [0.2, 0.25) is 0 Å². The van der Waals surface area contributed by atoms with Crippen LogP contribution in [0, 0.1) is 24.2 Å². The van der Waals surface area contributed by atoms with Crippen LogP contribution in [0.15, 0.2) is 42.6 Å². The van der Waals surface area contributed by atoms with E-state index in [0.717, 1.165) is 8.61 Å². The minimum Gasteiger partial charge on any atom is -0.476 e. The Kier molecular flexibility index (Phi) is 5.52. The SMILES string of the molecule is Cc1nc(Oc2ccc(C#N)c(-c3ccc4c(c3)N(C)S(=O)(=O)N4CC3CC3(F)F)c2)cnc1C(=O)O. The molecule has 1 aliphatic heterocycles. The van der Waals surface area contributed by atoms with E-state index >= 15 is 0 Å². The van der Waals surface area contributed by atoms with Gasteiger partial charge in [-0.1, -0.05) is 6.07 Å². The zero-order valence-corrected chi connectivity index (χ0v) is 20.3. The third kappa shape index (κ3) is 4.19. The number of anilines is 2. The van der Waals surface area contributed by atoms with Crippen molar-refractivity contribution in [3.8, 4) is 28.8 Å². The fraction of sp³-hybridized carbons (Fsp3) is 0.250. The van der Waals surface area contributed by atoms with Gasteiger partial charge in [0.05, 0.1) is 34.9 Å². The summed E-state index contributed by atoms with van der Waals surface area (Å²) in [4.78, 5) is 19.1. The third-order valence-electron chi connectivity index (χ3n) is 6.32. The number of rotatable bonds is 6. The molecule has 0 bridgehead atoms. The van der Waals surface area contributed by atoms with E-state index in [1.807, 2.05) is 0 Å². The average molecular weight is 528 g/mol. The van der Waals surface area contributed by atoms with Crippen molar-refractivity contribution >= 4 is 27.6 Å². The molecule has 2 aliphatic rings. The minimum absolute atomic E-state index is 0.0467. The molecule has 37 heavy (non-hydrogen) atoms. The smallest absolute Gasteiger partial charge is 0.356 e. The molecular formula is C24H19F2N5O5S. The number of aryl methyl sites for hydroxylation is 1. The number of ether oxygens (including phenoxy) is 1. The van der Waals surface area contributed by atoms with E-state index in [1.54, 1.807) is 18.2 Å². The summed E-state index contributed by atoms with van der Waals surface area (Å²) in [5, 5.41) is 18.8. The molecule has 13 heteroatoms. The minimum atomic E-state index is -4.02. The van der Waals surface area contributed by atoms with Crippen LogP contribution in [0.25, 0.3) is 11.1 Å². The van der Waals surface area contributed by atoms with Crippen molar-refractivity contribution in [2.24, 2.45) is 5.92 Å². The summed E-state index contributed by atoms with van der Waals surface area (Å²) >= 11 is 0. The molecule has 2 aromatic carbocycles. The van der Waals surface area contributed by atoms with Gasteiger partial charge in [-0.2, -0.15) is 13.7 Å². The number of hydrogen-bond donors (Lipinski definition) is 1. The number of aromatic carboxylic acids is 1. The lowest BCUT2D eigenvalue weighted by Gasteiger charge is -2.18. The summed E-state index contributed by atoms with van der Waals surface area (Å²) in [6.07, 6.45) is 0.818. The van der Waals surface area contributed by atoms with Gasteiger partial charge in [0.25, 0.3) is 5.92 Å². The van der Waals surface area contributed by atoms with Gasteiger partial charge in [-0.25, -0.2) is 23.5 Å². The number of nitrogens with zero attached hydrogens (tertiary/aromatic N) is 5. The lowest BCUT2D eigenvalue weighted by molar-refractivity contribution is 0.0688. The molecule has 0 amide bonds. The first-order chi connectivity index (χ1) is 17.4. The highest BCUT2D eigenvalue weighted by Crippen LogP contribution is 2.52. The fourth-order valence-corrected chi connectivity index (χ4v) is 5.64. The van der Waals surface area contributed by atoms with Gasteiger partial charge in [-0.05, 0) is 42.8 Å². The van der Waals surface area contributed by atoms with Crippen molar-refractivity contribution in [3.63, 3.8) is 0 Å². The number of hydrogen-bond acceptors (Lipinski definition) is 7. The van der Waals surface area contributed by atoms with Crippen LogP contribution >= 0.6 is 0 Å². The molecule has 1 unspecified atom stereocenters. The van der Waals surface area contributed by atoms with Gasteiger partial charge in [0.1, 0.15) is 5.75 Å². The first-order valence-electron chi connectivity index (χ1n) is 11.0. The van der Waals surface area contributed by atoms with Gasteiger partial charge >= 0.3 is 16.2 Å². The maximum atomic E-state index is 13.5. The second kappa shape index (κ2) is 8.38. The highest BCUT2D eigenvalue weighted by Gasteiger charge is 2.59. The second-order valence-electron chi connectivity index (χ2n) is 8.74. The van der Waals surface area contributed by atoms with Crippen molar-refractivity contribution in [2.75, 3.05) is 22.2 Å². The number of carbonyl (C=O) groups is 1. The maximum absolute atomic E-state index is 13.5. The number of alkyl halides is 2. The monoisotopic (exact) mass is 527 g/mol. The molecular weight excluding hydrogens is 508 g/mol. The van der Waals surface area contributed by atoms with E-state index in [1.165, 1.54) is 38.4 Å². The van der Waals surface area contributed by atoms with Gasteiger partial charge in [-0.15, -0.1) is 0 Å². The van der Waals surface area contributed by atoms with Gasteiger partial charge in [0, 0.05) is 31.5 Å². The highest BCUT2D eigenvalue weighted by molar-refractivity contribution is 7.94. The van der Waals surface area contributed by atoms with Crippen LogP contribution in [-0.4, -0.2) is 49.0 Å². The molecule has 1 aliphatic carbocycles. The van der Waals surface area contributed by atoms with Crippen LogP contribution in [0.4, 0.5) is 20.2 Å². The Bertz CT molecular complexity index is 1610. The Morgan fingerprint density at radius 1 is 1.27 bits per heavy atom. The lowest BCUT2D eigenvalue weighted by atomic mass is 9.99.